The van der Waals surface area contributed by atoms with Gasteiger partial charge in [-0.05, 0) is 42.5 Å². The van der Waals surface area contributed by atoms with Crippen LogP contribution < -0.4 is 11.1 Å². The molecule has 2 aromatic heterocycles. The number of fused-ring (bicyclic) bond motifs is 1. The minimum absolute atomic E-state index is 0.0261. The molecule has 14 heteroatoms. The molecule has 1 aliphatic rings. The highest BCUT2D eigenvalue weighted by molar-refractivity contribution is 6.33. The molecule has 41 heavy (non-hydrogen) atoms. The number of isocyanates is 1. The number of halogens is 3. The molecule has 0 aliphatic carbocycles. The molecule has 11 nitrogen and oxygen atoms in total. The number of anilines is 1. The third kappa shape index (κ3) is 5.56. The lowest BCUT2D eigenvalue weighted by atomic mass is 10.1. The Morgan fingerprint density at radius 1 is 1.27 bits per heavy atom. The van der Waals surface area contributed by atoms with Crippen LogP contribution in [0.2, 0.25) is 5.02 Å². The average Bonchev–Trinajstić information content (AvgIpc) is 3.51. The van der Waals surface area contributed by atoms with Crippen molar-refractivity contribution in [1.29, 1.82) is 0 Å². The Morgan fingerprint density at radius 3 is 2.80 bits per heavy atom. The Morgan fingerprint density at radius 2 is 2.07 bits per heavy atom. The van der Waals surface area contributed by atoms with E-state index in [0.29, 0.717) is 10.9 Å². The van der Waals surface area contributed by atoms with Gasteiger partial charge in [0.05, 0.1) is 34.2 Å². The zero-order valence-corrected chi connectivity index (χ0v) is 21.9. The summed E-state index contributed by atoms with van der Waals surface area (Å²) in [5, 5.41) is 17.2. The minimum Gasteiger partial charge on any atom is -0.373 e. The Bertz CT molecular complexity index is 1710. The van der Waals surface area contributed by atoms with Crippen molar-refractivity contribution in [2.75, 3.05) is 11.9 Å². The molecule has 0 radical (unpaired) electrons. The zero-order valence-electron chi connectivity index (χ0n) is 21.2. The smallest absolute Gasteiger partial charge is 0.247 e. The van der Waals surface area contributed by atoms with Crippen LogP contribution in [0, 0.1) is 5.82 Å². The number of nitrogens with zero attached hydrogens (tertiary/aromatic N) is 5. The zero-order chi connectivity index (χ0) is 29.3. The largest absolute Gasteiger partial charge is 0.373 e. The van der Waals surface area contributed by atoms with Gasteiger partial charge >= 0.3 is 0 Å². The van der Waals surface area contributed by atoms with E-state index >= 15 is 4.39 Å². The molecule has 4 aromatic rings. The molecule has 0 saturated carbocycles. The number of benzene rings is 2. The number of hydrogen-bond acceptors (Lipinski definition) is 8. The Labute approximate surface area is 236 Å². The first kappa shape index (κ1) is 28.0. The quantitative estimate of drug-likeness (QED) is 0.172. The van der Waals surface area contributed by atoms with Crippen molar-refractivity contribution in [1.82, 2.24) is 19.7 Å². The molecule has 4 N–H and O–H groups in total. The molecule has 2 amide bonds. The minimum atomic E-state index is -1.50. The molecule has 1 aliphatic heterocycles. The van der Waals surface area contributed by atoms with Gasteiger partial charge < -0.3 is 21.1 Å². The van der Waals surface area contributed by atoms with Gasteiger partial charge in [-0.15, -0.1) is 0 Å². The van der Waals surface area contributed by atoms with E-state index < -0.39 is 42.6 Å². The fourth-order valence-corrected chi connectivity index (χ4v) is 5.02. The van der Waals surface area contributed by atoms with Crippen molar-refractivity contribution in [3.05, 3.63) is 71.3 Å². The number of rotatable bonds is 7. The van der Waals surface area contributed by atoms with Crippen LogP contribution in [0.5, 0.6) is 0 Å². The van der Waals surface area contributed by atoms with Gasteiger partial charge in [0.2, 0.25) is 17.9 Å². The van der Waals surface area contributed by atoms with E-state index in [4.69, 9.17) is 17.3 Å². The van der Waals surface area contributed by atoms with Crippen molar-refractivity contribution in [3.63, 3.8) is 0 Å². The van der Waals surface area contributed by atoms with Crippen LogP contribution >= 0.6 is 11.6 Å². The Balaban J connectivity index is 1.39. The molecule has 0 bridgehead atoms. The lowest BCUT2D eigenvalue weighted by Crippen LogP contribution is -2.44. The van der Waals surface area contributed by atoms with Crippen LogP contribution in [0.4, 0.5) is 20.2 Å². The Kier molecular flexibility index (Phi) is 7.86. The van der Waals surface area contributed by atoms with Crippen molar-refractivity contribution in [2.24, 2.45) is 10.7 Å². The first-order valence-electron chi connectivity index (χ1n) is 12.3. The predicted molar refractivity (Wildman–Crippen MR) is 145 cm³/mol. The molecule has 1 saturated heterocycles. The van der Waals surface area contributed by atoms with E-state index in [1.165, 1.54) is 53.4 Å². The number of aliphatic hydroxyl groups excluding tert-OH is 1. The number of carbonyl (C=O) groups excluding carboxylic acids is 3. The van der Waals surface area contributed by atoms with E-state index in [9.17, 15) is 23.9 Å². The summed E-state index contributed by atoms with van der Waals surface area (Å²) < 4.78 is 31.1. The number of likely N-dealkylation sites (tertiary alicyclic amines) is 1. The van der Waals surface area contributed by atoms with Crippen molar-refractivity contribution in [2.45, 2.75) is 31.4 Å². The van der Waals surface area contributed by atoms with Crippen molar-refractivity contribution >= 4 is 51.8 Å². The molecular formula is C27H22ClF2N7O4. The van der Waals surface area contributed by atoms with Gasteiger partial charge in [-0.2, -0.15) is 10.1 Å². The summed E-state index contributed by atoms with van der Waals surface area (Å²) in [7, 11) is 0. The number of carbonyl (C=O) groups is 2. The Hall–Kier alpha value is -4.55. The number of aliphatic hydroxyl groups is 1. The van der Waals surface area contributed by atoms with E-state index in [-0.39, 0.29) is 46.3 Å². The lowest BCUT2D eigenvalue weighted by molar-refractivity contribution is -0.137. The fraction of sp³-hybridized carbons (Fsp3) is 0.222. The van der Waals surface area contributed by atoms with E-state index in [0.717, 1.165) is 4.90 Å². The number of aromatic nitrogens is 3. The maximum atomic E-state index is 15.4. The maximum Gasteiger partial charge on any atom is 0.247 e. The second-order valence-corrected chi connectivity index (χ2v) is 9.68. The van der Waals surface area contributed by atoms with Gasteiger partial charge in [-0.25, -0.2) is 13.6 Å². The van der Waals surface area contributed by atoms with E-state index in [2.05, 4.69) is 20.4 Å². The summed E-state index contributed by atoms with van der Waals surface area (Å²) >= 11 is 6.16. The topological polar surface area (TPSA) is 156 Å². The number of alkyl halides is 1. The van der Waals surface area contributed by atoms with Gasteiger partial charge in [0.15, 0.2) is 5.82 Å². The lowest BCUT2D eigenvalue weighted by Gasteiger charge is -2.24. The summed E-state index contributed by atoms with van der Waals surface area (Å²) in [5.74, 6) is -2.21. The van der Waals surface area contributed by atoms with Crippen molar-refractivity contribution in [3.8, 4) is 11.3 Å². The van der Waals surface area contributed by atoms with Gasteiger partial charge in [-0.3, -0.25) is 19.3 Å². The highest BCUT2D eigenvalue weighted by atomic mass is 35.5. The molecule has 0 spiro atoms. The van der Waals surface area contributed by atoms with E-state index in [1.54, 1.807) is 12.1 Å². The molecule has 210 valence electrons. The van der Waals surface area contributed by atoms with Crippen LogP contribution in [0.25, 0.3) is 22.2 Å². The fourth-order valence-electron chi connectivity index (χ4n) is 4.79. The third-order valence-electron chi connectivity index (χ3n) is 6.65. The molecule has 1 fully saturated rings. The van der Waals surface area contributed by atoms with Gasteiger partial charge in [0, 0.05) is 23.6 Å². The SMILES string of the molecule is NC(O)c1nn(CC(=O)N2C[C@H](F)C[C@H]2C(=O)Nc2cccc(-c3ncccc3Cl)c2F)c2ccc(N=C=O)cc12. The van der Waals surface area contributed by atoms with Gasteiger partial charge in [-0.1, -0.05) is 17.7 Å². The molecule has 3 heterocycles. The molecule has 2 aromatic carbocycles. The number of aliphatic imine (C=N–C) groups is 1. The van der Waals surface area contributed by atoms with Crippen LogP contribution in [0.1, 0.15) is 18.3 Å². The van der Waals surface area contributed by atoms with Gasteiger partial charge in [0.25, 0.3) is 0 Å². The monoisotopic (exact) mass is 581 g/mol. The number of hydrogen-bond donors (Lipinski definition) is 3. The molecular weight excluding hydrogens is 560 g/mol. The molecule has 1 unspecified atom stereocenters. The second kappa shape index (κ2) is 11.5. The highest BCUT2D eigenvalue weighted by Gasteiger charge is 2.40. The first-order chi connectivity index (χ1) is 19.7. The number of pyridine rings is 1. The standard InChI is InChI=1S/C27H22ClF2N7O4/c28-18-4-2-8-32-24(18)16-3-1-5-19(23(16)30)34-27(41)21-9-14(29)11-36(21)22(39)12-37-20-7-6-15(33-13-38)10-17(20)25(35-37)26(31)40/h1-8,10,14,21,26,40H,9,11-12,31H2,(H,34,41)/t14-,21+,26?/m1/s1. The van der Waals surface area contributed by atoms with E-state index in [1.807, 2.05) is 0 Å². The number of nitrogens with two attached hydrogens (primary N) is 1. The number of amides is 2. The normalized spacial score (nSPS) is 17.3. The summed E-state index contributed by atoms with van der Waals surface area (Å²) in [6.45, 7) is -0.773. The first-order valence-corrected chi connectivity index (χ1v) is 12.7. The summed E-state index contributed by atoms with van der Waals surface area (Å²) in [6, 6.07) is 10.7. The summed E-state index contributed by atoms with van der Waals surface area (Å²) in [5.41, 5.74) is 6.32. The second-order valence-electron chi connectivity index (χ2n) is 9.28. The van der Waals surface area contributed by atoms with Crippen LogP contribution in [-0.2, 0) is 20.9 Å². The summed E-state index contributed by atoms with van der Waals surface area (Å²) in [6.07, 6.45) is -0.412. The predicted octanol–water partition coefficient (Wildman–Crippen LogP) is 3.39. The maximum absolute atomic E-state index is 15.4. The van der Waals surface area contributed by atoms with Crippen molar-refractivity contribution < 1.29 is 28.3 Å². The summed E-state index contributed by atoms with van der Waals surface area (Å²) in [4.78, 5) is 45.9. The van der Waals surface area contributed by atoms with Crippen LogP contribution in [0.15, 0.2) is 59.7 Å². The third-order valence-corrected chi connectivity index (χ3v) is 6.95. The number of nitrogens with one attached hydrogen (secondary N) is 1. The van der Waals surface area contributed by atoms with Crippen LogP contribution in [0.3, 0.4) is 0 Å². The molecule has 3 atom stereocenters. The molecule has 5 rings (SSSR count). The van der Waals surface area contributed by atoms with Gasteiger partial charge in [0.1, 0.15) is 30.7 Å². The van der Waals surface area contributed by atoms with Crippen LogP contribution in [-0.4, -0.2) is 61.4 Å². The average molecular weight is 582 g/mol. The highest BCUT2D eigenvalue weighted by Crippen LogP contribution is 2.32.